The molecule has 15 heavy (non-hydrogen) atoms. The molecule has 0 fully saturated rings. The molecule has 2 atom stereocenters. The smallest absolute Gasteiger partial charge is 0.0518 e. The summed E-state index contributed by atoms with van der Waals surface area (Å²) >= 11 is 3.85. The summed E-state index contributed by atoms with van der Waals surface area (Å²) in [6.07, 6.45) is 0. The maximum absolute atomic E-state index is 5.87. The second-order valence-corrected chi connectivity index (χ2v) is 6.81. The highest BCUT2D eigenvalue weighted by atomic mass is 32.2. The predicted octanol–water partition coefficient (Wildman–Crippen LogP) is 3.83. The van der Waals surface area contributed by atoms with Gasteiger partial charge >= 0.3 is 0 Å². The van der Waals surface area contributed by atoms with E-state index in [1.54, 1.807) is 0 Å². The van der Waals surface area contributed by atoms with E-state index < -0.39 is 0 Å². The van der Waals surface area contributed by atoms with E-state index >= 15 is 0 Å². The van der Waals surface area contributed by atoms with Crippen LogP contribution in [-0.4, -0.2) is 11.8 Å². The summed E-state index contributed by atoms with van der Waals surface area (Å²) in [6.45, 7) is 9.75. The van der Waals surface area contributed by atoms with Crippen molar-refractivity contribution in [2.75, 3.05) is 6.54 Å². The lowest BCUT2D eigenvalue weighted by atomic mass is 10.2. The second-order valence-electron chi connectivity index (χ2n) is 4.28. The molecule has 2 unspecified atom stereocenters. The highest BCUT2D eigenvalue weighted by Crippen LogP contribution is 2.38. The topological polar surface area (TPSA) is 26.0 Å². The Labute approximate surface area is 101 Å². The van der Waals surface area contributed by atoms with Crippen LogP contribution in [0.4, 0.5) is 0 Å². The largest absolute Gasteiger partial charge is 0.329 e. The van der Waals surface area contributed by atoms with Crippen LogP contribution in [0.25, 0.3) is 0 Å². The molecule has 3 heteroatoms. The normalized spacial score (nSPS) is 15.6. The molecule has 0 amide bonds. The Morgan fingerprint density at radius 3 is 2.47 bits per heavy atom. The van der Waals surface area contributed by atoms with Gasteiger partial charge in [0.2, 0.25) is 0 Å². The van der Waals surface area contributed by atoms with Crippen molar-refractivity contribution in [3.05, 3.63) is 21.9 Å². The number of thiophene rings is 1. The van der Waals surface area contributed by atoms with E-state index in [1.807, 2.05) is 23.1 Å². The summed E-state index contributed by atoms with van der Waals surface area (Å²) in [7, 11) is 0. The van der Waals surface area contributed by atoms with Gasteiger partial charge in [0.1, 0.15) is 0 Å². The average Bonchev–Trinajstić information content (AvgIpc) is 2.60. The summed E-state index contributed by atoms with van der Waals surface area (Å²) in [6, 6.07) is 2.18. The van der Waals surface area contributed by atoms with E-state index in [2.05, 4.69) is 39.1 Å². The fourth-order valence-electron chi connectivity index (χ4n) is 1.35. The molecule has 2 N–H and O–H groups in total. The molecule has 0 aliphatic heterocycles. The molecule has 0 aliphatic carbocycles. The van der Waals surface area contributed by atoms with Gasteiger partial charge in [-0.15, -0.1) is 23.1 Å². The van der Waals surface area contributed by atoms with E-state index in [4.69, 9.17) is 5.73 Å². The Hall–Kier alpha value is 0.01000. The lowest BCUT2D eigenvalue weighted by molar-refractivity contribution is 0.639. The lowest BCUT2D eigenvalue weighted by Crippen LogP contribution is -2.15. The summed E-state index contributed by atoms with van der Waals surface area (Å²) in [5.74, 6) is 0.712. The van der Waals surface area contributed by atoms with Gasteiger partial charge in [-0.25, -0.2) is 0 Å². The lowest BCUT2D eigenvalue weighted by Gasteiger charge is -2.21. The molecule has 0 spiro atoms. The van der Waals surface area contributed by atoms with Crippen molar-refractivity contribution >= 4 is 23.1 Å². The summed E-state index contributed by atoms with van der Waals surface area (Å²) < 4.78 is 0. The summed E-state index contributed by atoms with van der Waals surface area (Å²) in [5.41, 5.74) is 7.26. The minimum Gasteiger partial charge on any atom is -0.329 e. The van der Waals surface area contributed by atoms with Crippen LogP contribution in [0.2, 0.25) is 0 Å². The molecule has 1 nitrogen and oxygen atoms in total. The first kappa shape index (κ1) is 13.1. The van der Waals surface area contributed by atoms with Crippen LogP contribution in [0.1, 0.15) is 36.5 Å². The Bertz CT molecular complexity index is 294. The van der Waals surface area contributed by atoms with E-state index in [-0.39, 0.29) is 0 Å². The minimum atomic E-state index is 0.474. The van der Waals surface area contributed by atoms with Gasteiger partial charge in [-0.2, -0.15) is 0 Å². The second kappa shape index (κ2) is 5.92. The van der Waals surface area contributed by atoms with Crippen LogP contribution in [-0.2, 0) is 0 Å². The molecule has 0 aliphatic rings. The predicted molar refractivity (Wildman–Crippen MR) is 72.7 cm³/mol. The molecule has 1 aromatic heterocycles. The first-order valence-electron chi connectivity index (χ1n) is 5.45. The Morgan fingerprint density at radius 2 is 2.07 bits per heavy atom. The molecule has 1 heterocycles. The van der Waals surface area contributed by atoms with E-state index in [1.165, 1.54) is 10.4 Å². The van der Waals surface area contributed by atoms with E-state index in [0.717, 1.165) is 6.54 Å². The van der Waals surface area contributed by atoms with Gasteiger partial charge in [0.15, 0.2) is 0 Å². The Morgan fingerprint density at radius 1 is 1.40 bits per heavy atom. The summed E-state index contributed by atoms with van der Waals surface area (Å²) in [4.78, 5) is 1.45. The van der Waals surface area contributed by atoms with Crippen LogP contribution in [0.5, 0.6) is 0 Å². The minimum absolute atomic E-state index is 0.474. The molecule has 1 rings (SSSR count). The van der Waals surface area contributed by atoms with Gasteiger partial charge in [-0.05, 0) is 29.9 Å². The zero-order chi connectivity index (χ0) is 11.4. The van der Waals surface area contributed by atoms with Crippen molar-refractivity contribution in [2.45, 2.75) is 38.2 Å². The van der Waals surface area contributed by atoms with Crippen LogP contribution in [0, 0.1) is 12.8 Å². The number of nitrogens with two attached hydrogens (primary N) is 1. The van der Waals surface area contributed by atoms with Crippen molar-refractivity contribution in [1.29, 1.82) is 0 Å². The molecular formula is C12H21NS2. The van der Waals surface area contributed by atoms with Crippen molar-refractivity contribution in [2.24, 2.45) is 11.7 Å². The fraction of sp³-hybridized carbons (Fsp3) is 0.667. The van der Waals surface area contributed by atoms with Gasteiger partial charge in [-0.1, -0.05) is 20.8 Å². The number of thioether (sulfide) groups is 1. The average molecular weight is 243 g/mol. The quantitative estimate of drug-likeness (QED) is 0.850. The third-order valence-corrected chi connectivity index (χ3v) is 5.74. The molecule has 0 saturated heterocycles. The number of aryl methyl sites for hydroxylation is 1. The Kier molecular flexibility index (Phi) is 5.16. The van der Waals surface area contributed by atoms with Crippen molar-refractivity contribution in [3.63, 3.8) is 0 Å². The van der Waals surface area contributed by atoms with Crippen LogP contribution < -0.4 is 5.73 Å². The highest BCUT2D eigenvalue weighted by Gasteiger charge is 2.19. The first-order valence-corrected chi connectivity index (χ1v) is 7.28. The van der Waals surface area contributed by atoms with Gasteiger partial charge < -0.3 is 5.73 Å². The van der Waals surface area contributed by atoms with Gasteiger partial charge in [-0.3, -0.25) is 0 Å². The molecular weight excluding hydrogens is 222 g/mol. The maximum Gasteiger partial charge on any atom is 0.0518 e. The van der Waals surface area contributed by atoms with Crippen LogP contribution in [0.3, 0.4) is 0 Å². The van der Waals surface area contributed by atoms with E-state index in [0.29, 0.717) is 16.4 Å². The number of rotatable bonds is 5. The van der Waals surface area contributed by atoms with Crippen molar-refractivity contribution in [3.8, 4) is 0 Å². The molecule has 0 aromatic carbocycles. The van der Waals surface area contributed by atoms with E-state index in [9.17, 15) is 0 Å². The van der Waals surface area contributed by atoms with Crippen LogP contribution in [0.15, 0.2) is 11.4 Å². The standard InChI is InChI=1S/C12H21NS2/c1-8(2)10(4)15-11(7-13)12-9(3)5-6-14-12/h5-6,8,10-11H,7,13H2,1-4H3. The number of hydrogen-bond acceptors (Lipinski definition) is 3. The van der Waals surface area contributed by atoms with Gasteiger partial charge in [0.25, 0.3) is 0 Å². The maximum atomic E-state index is 5.87. The number of hydrogen-bond donors (Lipinski definition) is 1. The first-order chi connectivity index (χ1) is 7.06. The molecule has 86 valence electrons. The van der Waals surface area contributed by atoms with Gasteiger partial charge in [0.05, 0.1) is 5.25 Å². The zero-order valence-electron chi connectivity index (χ0n) is 9.99. The van der Waals surface area contributed by atoms with Gasteiger partial charge in [0, 0.05) is 16.7 Å². The summed E-state index contributed by atoms with van der Waals surface area (Å²) in [5, 5.41) is 3.30. The SMILES string of the molecule is Cc1ccsc1C(CN)SC(C)C(C)C. The molecule has 0 radical (unpaired) electrons. The Balaban J connectivity index is 2.69. The molecule has 1 aromatic rings. The fourth-order valence-corrected chi connectivity index (χ4v) is 3.86. The van der Waals surface area contributed by atoms with Crippen molar-refractivity contribution in [1.82, 2.24) is 0 Å². The third kappa shape index (κ3) is 3.51. The van der Waals surface area contributed by atoms with Crippen molar-refractivity contribution < 1.29 is 0 Å². The third-order valence-electron chi connectivity index (χ3n) is 2.73. The molecule has 0 bridgehead atoms. The highest BCUT2D eigenvalue weighted by molar-refractivity contribution is 8.00. The monoisotopic (exact) mass is 243 g/mol. The van der Waals surface area contributed by atoms with Crippen LogP contribution >= 0.6 is 23.1 Å². The molecule has 0 saturated carbocycles. The zero-order valence-corrected chi connectivity index (χ0v) is 11.6.